The van der Waals surface area contributed by atoms with Gasteiger partial charge in [-0.2, -0.15) is 0 Å². The molecular formula is C46H62N4O13. The smallest absolute Gasteiger partial charge is 0.407 e. The van der Waals surface area contributed by atoms with Crippen LogP contribution in [0.25, 0.3) is 22.3 Å². The molecule has 3 aliphatic rings. The van der Waals surface area contributed by atoms with Gasteiger partial charge >= 0.3 is 18.0 Å². The van der Waals surface area contributed by atoms with Gasteiger partial charge in [0.15, 0.2) is 5.60 Å². The predicted octanol–water partition coefficient (Wildman–Crippen LogP) is 4.45. The van der Waals surface area contributed by atoms with Crippen molar-refractivity contribution in [1.29, 1.82) is 0 Å². The quantitative estimate of drug-likeness (QED) is 0.0600. The van der Waals surface area contributed by atoms with E-state index in [4.69, 9.17) is 38.1 Å². The summed E-state index contributed by atoms with van der Waals surface area (Å²) in [5.41, 5.74) is 1.51. The van der Waals surface area contributed by atoms with Crippen LogP contribution in [0.15, 0.2) is 29.1 Å². The summed E-state index contributed by atoms with van der Waals surface area (Å²) in [6, 6.07) is 7.09. The van der Waals surface area contributed by atoms with E-state index in [1.807, 2.05) is 19.1 Å². The van der Waals surface area contributed by atoms with Crippen LogP contribution < -0.4 is 20.9 Å². The van der Waals surface area contributed by atoms with Crippen LogP contribution in [0.3, 0.4) is 0 Å². The van der Waals surface area contributed by atoms with Crippen molar-refractivity contribution in [1.82, 2.24) is 20.2 Å². The molecular weight excluding hydrogens is 817 g/mol. The standard InChI is InChI=1S/C46H62N4O13/c1-6-32-33-24-31(12-13-37(33)49-40-34(32)27-50-38(40)25-36-35(41(50)52)28-61-43(54)46(36,56)7-2)62-42(53)30-10-8-29(9-11-30)26-48-39(51)14-16-57-18-20-59-22-23-60-21-19-58-17-15-47-44(55)63-45(3,4)5/h12-13,24-25,29-30,56H,6-11,14-23,26-28H2,1-5H3,(H,47,55)(H,48,51)/t29?,30?,46-/m0/s1. The molecule has 1 aromatic carbocycles. The molecule has 0 unspecified atom stereocenters. The first-order valence-corrected chi connectivity index (χ1v) is 22.1. The molecule has 63 heavy (non-hydrogen) atoms. The van der Waals surface area contributed by atoms with Gasteiger partial charge in [-0.15, -0.1) is 0 Å². The van der Waals surface area contributed by atoms with Gasteiger partial charge < -0.3 is 53.5 Å². The number of esters is 2. The molecule has 4 heterocycles. The summed E-state index contributed by atoms with van der Waals surface area (Å²) < 4.78 is 39.8. The maximum atomic E-state index is 13.7. The molecule has 1 fully saturated rings. The average Bonchev–Trinajstić information content (AvgIpc) is 3.62. The number of carbonyl (C=O) groups is 4. The lowest BCUT2D eigenvalue weighted by Gasteiger charge is -2.31. The van der Waals surface area contributed by atoms with Crippen LogP contribution in [0.4, 0.5) is 4.79 Å². The molecule has 17 nitrogen and oxygen atoms in total. The fourth-order valence-corrected chi connectivity index (χ4v) is 8.22. The summed E-state index contributed by atoms with van der Waals surface area (Å²) in [7, 11) is 0. The summed E-state index contributed by atoms with van der Waals surface area (Å²) >= 11 is 0. The lowest BCUT2D eigenvalue weighted by molar-refractivity contribution is -0.172. The summed E-state index contributed by atoms with van der Waals surface area (Å²) in [6.45, 7) is 13.1. The van der Waals surface area contributed by atoms with Crippen molar-refractivity contribution in [3.63, 3.8) is 0 Å². The molecule has 1 aliphatic carbocycles. The van der Waals surface area contributed by atoms with E-state index < -0.39 is 23.3 Å². The Hall–Kier alpha value is -4.94. The number of hydrogen-bond acceptors (Lipinski definition) is 14. The lowest BCUT2D eigenvalue weighted by atomic mass is 9.82. The second-order valence-electron chi connectivity index (χ2n) is 17.1. The number of aryl methyl sites for hydroxylation is 1. The first kappa shape index (κ1) is 47.5. The fourth-order valence-electron chi connectivity index (χ4n) is 8.22. The Morgan fingerprint density at radius 1 is 0.889 bits per heavy atom. The highest BCUT2D eigenvalue weighted by atomic mass is 16.6. The number of benzene rings is 1. The topological polar surface area (TPSA) is 212 Å². The van der Waals surface area contributed by atoms with Crippen molar-refractivity contribution < 1.29 is 57.4 Å². The maximum absolute atomic E-state index is 13.7. The van der Waals surface area contributed by atoms with Gasteiger partial charge in [0.1, 0.15) is 18.0 Å². The van der Waals surface area contributed by atoms with E-state index in [1.54, 1.807) is 44.4 Å². The molecule has 6 rings (SSSR count). The molecule has 1 saturated carbocycles. The highest BCUT2D eigenvalue weighted by Crippen LogP contribution is 2.41. The highest BCUT2D eigenvalue weighted by molar-refractivity contribution is 5.90. The number of aliphatic hydroxyl groups is 1. The lowest BCUT2D eigenvalue weighted by Crippen LogP contribution is -2.44. The zero-order valence-electron chi connectivity index (χ0n) is 37.1. The second kappa shape index (κ2) is 21.6. The molecule has 0 radical (unpaired) electrons. The van der Waals surface area contributed by atoms with Crippen LogP contribution in [-0.2, 0) is 68.0 Å². The van der Waals surface area contributed by atoms with E-state index in [0.29, 0.717) is 101 Å². The van der Waals surface area contributed by atoms with Crippen molar-refractivity contribution in [2.75, 3.05) is 65.9 Å². The van der Waals surface area contributed by atoms with E-state index in [2.05, 4.69) is 10.6 Å². The molecule has 1 atom stereocenters. The van der Waals surface area contributed by atoms with Crippen molar-refractivity contribution in [2.45, 2.75) is 104 Å². The largest absolute Gasteiger partial charge is 0.458 e. The third-order valence-corrected chi connectivity index (χ3v) is 11.6. The predicted molar refractivity (Wildman–Crippen MR) is 230 cm³/mol. The van der Waals surface area contributed by atoms with Crippen molar-refractivity contribution in [2.24, 2.45) is 11.8 Å². The molecule has 2 aromatic heterocycles. The fraction of sp³-hybridized carbons (Fsp3) is 0.609. The molecule has 3 N–H and O–H groups in total. The van der Waals surface area contributed by atoms with Gasteiger partial charge in [-0.25, -0.2) is 14.6 Å². The maximum Gasteiger partial charge on any atom is 0.407 e. The number of fused-ring (bicyclic) bond motifs is 5. The Balaban J connectivity index is 0.852. The van der Waals surface area contributed by atoms with Gasteiger partial charge in [0, 0.05) is 36.0 Å². The summed E-state index contributed by atoms with van der Waals surface area (Å²) in [5, 5.41) is 17.7. The van der Waals surface area contributed by atoms with Crippen molar-refractivity contribution in [3.05, 3.63) is 56.9 Å². The molecule has 2 amide bonds. The number of alkyl carbamates (subject to hydrolysis) is 1. The van der Waals surface area contributed by atoms with Crippen molar-refractivity contribution >= 4 is 34.8 Å². The number of amides is 2. The molecule has 344 valence electrons. The average molecular weight is 879 g/mol. The number of carbonyl (C=O) groups excluding carboxylic acids is 4. The highest BCUT2D eigenvalue weighted by Gasteiger charge is 2.45. The SMILES string of the molecule is CCc1c2c(nc3ccc(OC(=O)C4CCC(CNC(=O)CCOCCOCCOCCOCCNC(=O)OC(C)(C)C)CC4)cc13)-c1cc3c(c(=O)n1C2)COC(=O)[C@]3(O)CC. The van der Waals surface area contributed by atoms with Crippen LogP contribution in [-0.4, -0.2) is 110 Å². The Morgan fingerprint density at radius 3 is 2.21 bits per heavy atom. The minimum Gasteiger partial charge on any atom is -0.458 e. The Labute approximate surface area is 367 Å². The number of hydrogen-bond donors (Lipinski definition) is 3. The first-order chi connectivity index (χ1) is 30.2. The van der Waals surface area contributed by atoms with Crippen LogP contribution in [0.1, 0.15) is 95.4 Å². The van der Waals surface area contributed by atoms with Crippen molar-refractivity contribution in [3.8, 4) is 17.1 Å². The molecule has 3 aromatic rings. The van der Waals surface area contributed by atoms with E-state index in [1.165, 1.54) is 0 Å². The molecule has 17 heteroatoms. The van der Waals surface area contributed by atoms with Crippen LogP contribution >= 0.6 is 0 Å². The number of pyridine rings is 2. The Bertz CT molecular complexity index is 2180. The van der Waals surface area contributed by atoms with Crippen LogP contribution in [0.5, 0.6) is 5.75 Å². The van der Waals surface area contributed by atoms with E-state index >= 15 is 0 Å². The Kier molecular flexibility index (Phi) is 16.3. The number of nitrogens with zero attached hydrogens (tertiary/aromatic N) is 2. The van der Waals surface area contributed by atoms with E-state index in [-0.39, 0.29) is 73.0 Å². The van der Waals surface area contributed by atoms with E-state index in [0.717, 1.165) is 29.4 Å². The number of rotatable bonds is 21. The number of aromatic nitrogens is 2. The molecule has 0 spiro atoms. The normalized spacial score (nSPS) is 19.2. The number of nitrogens with one attached hydrogen (secondary N) is 2. The third kappa shape index (κ3) is 12.0. The molecule has 0 bridgehead atoms. The summed E-state index contributed by atoms with van der Waals surface area (Å²) in [5.74, 6) is -0.675. The minimum absolute atomic E-state index is 0.0661. The molecule has 2 aliphatic heterocycles. The zero-order valence-corrected chi connectivity index (χ0v) is 37.1. The Morgan fingerprint density at radius 2 is 1.56 bits per heavy atom. The van der Waals surface area contributed by atoms with E-state index in [9.17, 15) is 29.1 Å². The summed E-state index contributed by atoms with van der Waals surface area (Å²) in [4.78, 5) is 68.5. The van der Waals surface area contributed by atoms with Gasteiger partial charge in [0.05, 0.1) is 87.8 Å². The van der Waals surface area contributed by atoms with Gasteiger partial charge in [-0.05, 0) is 95.0 Å². The monoisotopic (exact) mass is 878 g/mol. The van der Waals surface area contributed by atoms with Crippen LogP contribution in [0.2, 0.25) is 0 Å². The minimum atomic E-state index is -1.90. The molecule has 0 saturated heterocycles. The van der Waals surface area contributed by atoms with Gasteiger partial charge in [-0.1, -0.05) is 13.8 Å². The number of ether oxygens (including phenoxy) is 7. The van der Waals surface area contributed by atoms with Gasteiger partial charge in [-0.3, -0.25) is 14.4 Å². The second-order valence-corrected chi connectivity index (χ2v) is 17.1. The summed E-state index contributed by atoms with van der Waals surface area (Å²) in [6.07, 6.45) is 3.40. The third-order valence-electron chi connectivity index (χ3n) is 11.6. The number of cyclic esters (lactones) is 1. The van der Waals surface area contributed by atoms with Crippen LogP contribution in [0, 0.1) is 11.8 Å². The first-order valence-electron chi connectivity index (χ1n) is 22.1. The zero-order chi connectivity index (χ0) is 45.1. The van der Waals surface area contributed by atoms with Gasteiger partial charge in [0.25, 0.3) is 5.56 Å². The van der Waals surface area contributed by atoms with Gasteiger partial charge in [0.2, 0.25) is 5.91 Å².